The van der Waals surface area contributed by atoms with Crippen molar-refractivity contribution < 1.29 is 9.90 Å². The Bertz CT molecular complexity index is 416. The third-order valence-electron chi connectivity index (χ3n) is 2.52. The molecule has 0 heterocycles. The molecule has 0 spiro atoms. The lowest BCUT2D eigenvalue weighted by molar-refractivity contribution is -0.129. The molecule has 0 aliphatic carbocycles. The lowest BCUT2D eigenvalue weighted by Crippen LogP contribution is -2.29. The summed E-state index contributed by atoms with van der Waals surface area (Å²) in [5.74, 6) is -0.944. The van der Waals surface area contributed by atoms with E-state index in [1.54, 1.807) is 0 Å². The summed E-state index contributed by atoms with van der Waals surface area (Å²) in [6, 6.07) is 9.56. The summed E-state index contributed by atoms with van der Waals surface area (Å²) < 4.78 is 0. The highest BCUT2D eigenvalue weighted by Gasteiger charge is 2.26. The summed E-state index contributed by atoms with van der Waals surface area (Å²) in [5, 5.41) is 9.17. The van der Waals surface area contributed by atoms with Crippen molar-refractivity contribution in [3.05, 3.63) is 35.9 Å². The van der Waals surface area contributed by atoms with Crippen LogP contribution in [0, 0.1) is 5.41 Å². The Labute approximate surface area is 102 Å². The minimum absolute atomic E-state index is 0.137. The van der Waals surface area contributed by atoms with E-state index >= 15 is 0 Å². The average molecular weight is 233 g/mol. The smallest absolute Gasteiger partial charge is 0.350 e. The Morgan fingerprint density at radius 2 is 1.76 bits per heavy atom. The Hall–Kier alpha value is -1.64. The molecule has 0 amide bonds. The highest BCUT2D eigenvalue weighted by atomic mass is 16.4. The van der Waals surface area contributed by atoms with E-state index in [9.17, 15) is 9.90 Å². The van der Waals surface area contributed by atoms with Gasteiger partial charge in [-0.2, -0.15) is 0 Å². The van der Waals surface area contributed by atoms with E-state index in [-0.39, 0.29) is 11.8 Å². The van der Waals surface area contributed by atoms with Crippen LogP contribution in [0.1, 0.15) is 39.3 Å². The molecule has 0 aliphatic rings. The molecule has 3 heteroatoms. The number of aliphatic carboxylic acids is 1. The molecule has 92 valence electrons. The zero-order valence-corrected chi connectivity index (χ0v) is 10.8. The monoisotopic (exact) mass is 233 g/mol. The van der Waals surface area contributed by atoms with E-state index in [1.165, 1.54) is 0 Å². The van der Waals surface area contributed by atoms with Crippen LogP contribution in [0.5, 0.6) is 0 Å². The van der Waals surface area contributed by atoms with Crippen molar-refractivity contribution >= 4 is 11.7 Å². The number of aliphatic imine (C=N–C) groups is 1. The first-order chi connectivity index (χ1) is 7.82. The number of carbonyl (C=O) groups is 1. The quantitative estimate of drug-likeness (QED) is 0.814. The van der Waals surface area contributed by atoms with Gasteiger partial charge in [-0.1, -0.05) is 51.1 Å². The molecule has 0 unspecified atom stereocenters. The predicted octanol–water partition coefficient (Wildman–Crippen LogP) is 3.32. The van der Waals surface area contributed by atoms with Crippen LogP contribution in [0.2, 0.25) is 0 Å². The molecule has 0 fully saturated rings. The number of carboxylic acids is 1. The van der Waals surface area contributed by atoms with E-state index in [2.05, 4.69) is 4.99 Å². The molecule has 0 saturated heterocycles. The van der Waals surface area contributed by atoms with Crippen molar-refractivity contribution in [2.45, 2.75) is 33.7 Å². The molecular formula is C14H19NO2. The van der Waals surface area contributed by atoms with Gasteiger partial charge in [0.2, 0.25) is 0 Å². The normalized spacial score (nSPS) is 14.5. The summed E-state index contributed by atoms with van der Waals surface area (Å²) in [6.45, 7) is 7.48. The fourth-order valence-corrected chi connectivity index (χ4v) is 1.57. The van der Waals surface area contributed by atoms with Crippen molar-refractivity contribution in [3.8, 4) is 0 Å². The van der Waals surface area contributed by atoms with E-state index in [1.807, 2.05) is 58.0 Å². The van der Waals surface area contributed by atoms with Crippen molar-refractivity contribution in [1.29, 1.82) is 0 Å². The molecule has 1 aromatic carbocycles. The topological polar surface area (TPSA) is 49.7 Å². The maximum absolute atomic E-state index is 11.2. The van der Waals surface area contributed by atoms with Crippen LogP contribution in [0.4, 0.5) is 0 Å². The molecule has 0 aliphatic heterocycles. The minimum Gasteiger partial charge on any atom is -0.477 e. The first kappa shape index (κ1) is 13.4. The molecule has 17 heavy (non-hydrogen) atoms. The van der Waals surface area contributed by atoms with Gasteiger partial charge in [0.25, 0.3) is 0 Å². The fraction of sp³-hybridized carbons (Fsp3) is 0.429. The first-order valence-electron chi connectivity index (χ1n) is 5.69. The van der Waals surface area contributed by atoms with Gasteiger partial charge in [-0.15, -0.1) is 0 Å². The van der Waals surface area contributed by atoms with Crippen molar-refractivity contribution in [1.82, 2.24) is 0 Å². The van der Waals surface area contributed by atoms with Crippen molar-refractivity contribution in [3.63, 3.8) is 0 Å². The maximum Gasteiger partial charge on any atom is 0.350 e. The molecule has 1 rings (SSSR count). The molecule has 0 saturated carbocycles. The molecule has 3 nitrogen and oxygen atoms in total. The second-order valence-electron chi connectivity index (χ2n) is 5.12. The van der Waals surface area contributed by atoms with Crippen LogP contribution < -0.4 is 0 Å². The van der Waals surface area contributed by atoms with Crippen LogP contribution in [0.25, 0.3) is 0 Å². The molecule has 0 bridgehead atoms. The summed E-state index contributed by atoms with van der Waals surface area (Å²) in [5.41, 5.74) is 0.791. The van der Waals surface area contributed by atoms with Gasteiger partial charge >= 0.3 is 5.97 Å². The van der Waals surface area contributed by atoms with Crippen LogP contribution in [0.15, 0.2) is 35.3 Å². The molecule has 1 aromatic rings. The average Bonchev–Trinajstić information content (AvgIpc) is 2.24. The molecule has 1 N–H and O–H groups in total. The second kappa shape index (κ2) is 5.13. The van der Waals surface area contributed by atoms with Gasteiger partial charge < -0.3 is 5.11 Å². The van der Waals surface area contributed by atoms with E-state index in [0.29, 0.717) is 0 Å². The van der Waals surface area contributed by atoms with Gasteiger partial charge in [0.1, 0.15) is 5.71 Å². The van der Waals surface area contributed by atoms with Crippen LogP contribution in [-0.4, -0.2) is 16.8 Å². The minimum atomic E-state index is -0.944. The number of carboxylic acid groups (broad SMARTS) is 1. The maximum atomic E-state index is 11.2. The molecule has 0 radical (unpaired) electrons. The third-order valence-corrected chi connectivity index (χ3v) is 2.52. The van der Waals surface area contributed by atoms with Gasteiger partial charge in [0, 0.05) is 5.41 Å². The highest BCUT2D eigenvalue weighted by molar-refractivity contribution is 6.37. The molecule has 1 atom stereocenters. The van der Waals surface area contributed by atoms with E-state index in [0.717, 1.165) is 5.56 Å². The zero-order chi connectivity index (χ0) is 13.1. The van der Waals surface area contributed by atoms with Crippen molar-refractivity contribution in [2.75, 3.05) is 0 Å². The number of hydrogen-bond acceptors (Lipinski definition) is 2. The van der Waals surface area contributed by atoms with Crippen molar-refractivity contribution in [2.24, 2.45) is 10.4 Å². The summed E-state index contributed by atoms with van der Waals surface area (Å²) in [7, 11) is 0. The van der Waals surface area contributed by atoms with E-state index in [4.69, 9.17) is 0 Å². The zero-order valence-electron chi connectivity index (χ0n) is 10.8. The lowest BCUT2D eigenvalue weighted by Gasteiger charge is -2.20. The summed E-state index contributed by atoms with van der Waals surface area (Å²) in [6.07, 6.45) is 0. The Balaban J connectivity index is 3.04. The molecular weight excluding hydrogens is 214 g/mol. The fourth-order valence-electron chi connectivity index (χ4n) is 1.57. The van der Waals surface area contributed by atoms with Gasteiger partial charge in [-0.3, -0.25) is 4.99 Å². The highest BCUT2D eigenvalue weighted by Crippen LogP contribution is 2.22. The Kier molecular flexibility index (Phi) is 4.05. The number of benzene rings is 1. The predicted molar refractivity (Wildman–Crippen MR) is 69.4 cm³/mol. The number of hydrogen-bond donors (Lipinski definition) is 1. The first-order valence-corrected chi connectivity index (χ1v) is 5.69. The van der Waals surface area contributed by atoms with Crippen LogP contribution in [0.3, 0.4) is 0 Å². The van der Waals surface area contributed by atoms with E-state index < -0.39 is 11.4 Å². The number of nitrogens with zero attached hydrogens (tertiary/aromatic N) is 1. The largest absolute Gasteiger partial charge is 0.477 e. The third kappa shape index (κ3) is 3.70. The van der Waals surface area contributed by atoms with Gasteiger partial charge in [-0.05, 0) is 12.5 Å². The van der Waals surface area contributed by atoms with Crippen LogP contribution in [-0.2, 0) is 4.79 Å². The lowest BCUT2D eigenvalue weighted by atomic mass is 9.89. The molecule has 0 aromatic heterocycles. The van der Waals surface area contributed by atoms with Gasteiger partial charge in [0.05, 0.1) is 6.04 Å². The summed E-state index contributed by atoms with van der Waals surface area (Å²) in [4.78, 5) is 15.5. The van der Waals surface area contributed by atoms with Crippen LogP contribution >= 0.6 is 0 Å². The second-order valence-corrected chi connectivity index (χ2v) is 5.12. The Morgan fingerprint density at radius 1 is 1.24 bits per heavy atom. The SMILES string of the molecule is C[C@@H](N=C(C(=O)O)C(C)(C)C)c1ccccc1. The Morgan fingerprint density at radius 3 is 2.18 bits per heavy atom. The van der Waals surface area contributed by atoms with Gasteiger partial charge in [-0.25, -0.2) is 4.79 Å². The standard InChI is InChI=1S/C14H19NO2/c1-10(11-8-6-5-7-9-11)15-12(13(16)17)14(2,3)4/h5-10H,1-4H3,(H,16,17)/t10-/m1/s1. The number of rotatable bonds is 3. The van der Waals surface area contributed by atoms with Gasteiger partial charge in [0.15, 0.2) is 0 Å². The summed E-state index contributed by atoms with van der Waals surface area (Å²) >= 11 is 0.